The van der Waals surface area contributed by atoms with Crippen molar-refractivity contribution >= 4 is 17.4 Å². The van der Waals surface area contributed by atoms with Crippen LogP contribution in [0.1, 0.15) is 49.8 Å². The number of alkyl halides is 3. The highest BCUT2D eigenvalue weighted by atomic mass is 35.5. The van der Waals surface area contributed by atoms with Gasteiger partial charge in [-0.2, -0.15) is 13.2 Å². The molecule has 0 amide bonds. The fraction of sp³-hybridized carbons (Fsp3) is 0.500. The zero-order chi connectivity index (χ0) is 24.6. The molecule has 1 saturated carbocycles. The van der Waals surface area contributed by atoms with E-state index in [0.29, 0.717) is 10.8 Å². The fourth-order valence-corrected chi connectivity index (χ4v) is 5.87. The Kier molecular flexibility index (Phi) is 4.96. The highest BCUT2D eigenvalue weighted by Gasteiger charge is 2.55. The lowest BCUT2D eigenvalue weighted by atomic mass is 9.57. The van der Waals surface area contributed by atoms with Gasteiger partial charge in [0.05, 0.1) is 18.4 Å². The molecule has 184 valence electrons. The summed E-state index contributed by atoms with van der Waals surface area (Å²) in [6.07, 6.45) is 2.66. The maximum absolute atomic E-state index is 13.9. The first-order chi connectivity index (χ1) is 16.6. The number of aromatic nitrogens is 5. The van der Waals surface area contributed by atoms with Gasteiger partial charge < -0.3 is 4.90 Å². The Morgan fingerprint density at radius 3 is 2.51 bits per heavy atom. The number of nitrogens with zero attached hydrogens (tertiary/aromatic N) is 7. The second-order valence-electron chi connectivity index (χ2n) is 10.5. The number of rotatable bonds is 3. The molecule has 2 aliphatic heterocycles. The van der Waals surface area contributed by atoms with Crippen molar-refractivity contribution in [2.24, 2.45) is 5.41 Å². The van der Waals surface area contributed by atoms with E-state index in [1.54, 1.807) is 30.7 Å². The smallest absolute Gasteiger partial charge is 0.354 e. The number of benzene rings is 1. The van der Waals surface area contributed by atoms with Crippen LogP contribution in [-0.2, 0) is 13.1 Å². The maximum atomic E-state index is 13.9. The normalized spacial score (nSPS) is 20.1. The zero-order valence-electron chi connectivity index (χ0n) is 19.4. The molecule has 3 aromatic rings. The first kappa shape index (κ1) is 22.7. The average Bonchev–Trinajstić information content (AvgIpc) is 3.06. The lowest BCUT2D eigenvalue weighted by Crippen LogP contribution is -2.62. The van der Waals surface area contributed by atoms with E-state index < -0.39 is 11.7 Å². The van der Waals surface area contributed by atoms with Crippen molar-refractivity contribution in [1.82, 2.24) is 29.6 Å². The number of hydrogen-bond donors (Lipinski definition) is 0. The molecule has 6 rings (SSSR count). The van der Waals surface area contributed by atoms with Gasteiger partial charge >= 0.3 is 6.18 Å². The SMILES string of the molecule is CC(C)(N1Cc2cc(Cl)ccc2-n2c(nnc2C2CC3(C2)CN(c2cnccn2)C3)C1)C(F)(F)F. The van der Waals surface area contributed by atoms with Crippen LogP contribution in [-0.4, -0.2) is 54.4 Å². The summed E-state index contributed by atoms with van der Waals surface area (Å²) in [7, 11) is 0. The first-order valence-electron chi connectivity index (χ1n) is 11.6. The van der Waals surface area contributed by atoms with Crippen LogP contribution in [0.2, 0.25) is 5.02 Å². The molecule has 1 spiro atoms. The molecule has 7 nitrogen and oxygen atoms in total. The van der Waals surface area contributed by atoms with E-state index in [4.69, 9.17) is 11.6 Å². The van der Waals surface area contributed by atoms with Crippen LogP contribution in [0.5, 0.6) is 0 Å². The van der Waals surface area contributed by atoms with Crippen molar-refractivity contribution in [3.8, 4) is 5.69 Å². The molecule has 4 heterocycles. The molecule has 3 aliphatic rings. The van der Waals surface area contributed by atoms with Gasteiger partial charge in [0.25, 0.3) is 0 Å². The van der Waals surface area contributed by atoms with Crippen molar-refractivity contribution in [3.05, 3.63) is 59.0 Å². The van der Waals surface area contributed by atoms with Gasteiger partial charge in [0.15, 0.2) is 5.82 Å². The number of anilines is 1. The van der Waals surface area contributed by atoms with Gasteiger partial charge in [0.1, 0.15) is 17.2 Å². The molecule has 1 saturated heterocycles. The molecule has 0 atom stereocenters. The minimum absolute atomic E-state index is 0.0458. The van der Waals surface area contributed by atoms with E-state index in [1.165, 1.54) is 18.7 Å². The number of fused-ring (bicyclic) bond motifs is 3. The van der Waals surface area contributed by atoms with Gasteiger partial charge in [0, 0.05) is 48.4 Å². The Bertz CT molecular complexity index is 1260. The Hall–Kier alpha value is -2.72. The van der Waals surface area contributed by atoms with Crippen LogP contribution in [0.15, 0.2) is 36.8 Å². The minimum Gasteiger partial charge on any atom is -0.354 e. The van der Waals surface area contributed by atoms with E-state index in [0.717, 1.165) is 48.8 Å². The van der Waals surface area contributed by atoms with Crippen LogP contribution >= 0.6 is 11.6 Å². The summed E-state index contributed by atoms with van der Waals surface area (Å²) in [5.41, 5.74) is -0.280. The molecule has 2 fully saturated rings. The molecule has 0 radical (unpaired) electrons. The third-order valence-corrected chi connectivity index (χ3v) is 8.10. The van der Waals surface area contributed by atoms with Crippen molar-refractivity contribution < 1.29 is 13.2 Å². The summed E-state index contributed by atoms with van der Waals surface area (Å²) in [5.74, 6) is 2.43. The predicted octanol–water partition coefficient (Wildman–Crippen LogP) is 4.75. The Labute approximate surface area is 205 Å². The molecule has 0 N–H and O–H groups in total. The molecule has 35 heavy (non-hydrogen) atoms. The van der Waals surface area contributed by atoms with Gasteiger partial charge in [-0.25, -0.2) is 4.98 Å². The summed E-state index contributed by atoms with van der Waals surface area (Å²) in [5, 5.41) is 9.38. The van der Waals surface area contributed by atoms with Crippen LogP contribution < -0.4 is 4.90 Å². The summed E-state index contributed by atoms with van der Waals surface area (Å²) in [6, 6.07) is 5.39. The molecular formula is C24H25ClF3N7. The molecular weight excluding hydrogens is 479 g/mol. The van der Waals surface area contributed by atoms with Crippen molar-refractivity contribution in [3.63, 3.8) is 0 Å². The summed E-state index contributed by atoms with van der Waals surface area (Å²) in [6.45, 7) is 4.42. The highest BCUT2D eigenvalue weighted by Crippen LogP contribution is 2.56. The number of hydrogen-bond acceptors (Lipinski definition) is 6. The summed E-state index contributed by atoms with van der Waals surface area (Å²) >= 11 is 6.26. The quantitative estimate of drug-likeness (QED) is 0.514. The monoisotopic (exact) mass is 503 g/mol. The lowest BCUT2D eigenvalue weighted by Gasteiger charge is -2.59. The Balaban J connectivity index is 1.29. The van der Waals surface area contributed by atoms with Gasteiger partial charge in [-0.05, 0) is 50.5 Å². The van der Waals surface area contributed by atoms with E-state index in [1.807, 2.05) is 10.6 Å². The molecule has 1 aliphatic carbocycles. The summed E-state index contributed by atoms with van der Waals surface area (Å²) < 4.78 is 43.8. The third kappa shape index (κ3) is 3.60. The fourth-order valence-electron chi connectivity index (χ4n) is 5.67. The Morgan fingerprint density at radius 2 is 1.83 bits per heavy atom. The standard InChI is InChI=1S/C24H25ClF3N7/c1-22(2,24(26,27)28)34-11-15-7-17(25)3-4-18(15)35-20(12-34)31-32-21(35)16-8-23(9-16)13-33(14-23)19-10-29-5-6-30-19/h3-7,10,16H,8-9,11-14H2,1-2H3. The number of halogens is 4. The van der Waals surface area contributed by atoms with Gasteiger partial charge in [-0.1, -0.05) is 11.6 Å². The van der Waals surface area contributed by atoms with Crippen LogP contribution in [0.3, 0.4) is 0 Å². The second kappa shape index (κ2) is 7.64. The van der Waals surface area contributed by atoms with Gasteiger partial charge in [-0.15, -0.1) is 10.2 Å². The highest BCUT2D eigenvalue weighted by molar-refractivity contribution is 6.30. The maximum Gasteiger partial charge on any atom is 0.406 e. The van der Waals surface area contributed by atoms with Crippen LogP contribution in [0.4, 0.5) is 19.0 Å². The lowest BCUT2D eigenvalue weighted by molar-refractivity contribution is -0.224. The van der Waals surface area contributed by atoms with Crippen molar-refractivity contribution in [1.29, 1.82) is 0 Å². The van der Waals surface area contributed by atoms with E-state index in [2.05, 4.69) is 25.1 Å². The first-order valence-corrected chi connectivity index (χ1v) is 12.0. The zero-order valence-corrected chi connectivity index (χ0v) is 20.2. The Morgan fingerprint density at radius 1 is 1.06 bits per heavy atom. The van der Waals surface area contributed by atoms with Crippen molar-refractivity contribution in [2.45, 2.75) is 57.4 Å². The molecule has 11 heteroatoms. The predicted molar refractivity (Wildman–Crippen MR) is 124 cm³/mol. The van der Waals surface area contributed by atoms with Gasteiger partial charge in [-0.3, -0.25) is 14.5 Å². The van der Waals surface area contributed by atoms with Crippen LogP contribution in [0, 0.1) is 5.41 Å². The van der Waals surface area contributed by atoms with Gasteiger partial charge in [0.2, 0.25) is 0 Å². The topological polar surface area (TPSA) is 63.0 Å². The largest absolute Gasteiger partial charge is 0.406 e. The third-order valence-electron chi connectivity index (χ3n) is 7.87. The van der Waals surface area contributed by atoms with E-state index in [-0.39, 0.29) is 24.4 Å². The van der Waals surface area contributed by atoms with Crippen molar-refractivity contribution in [2.75, 3.05) is 18.0 Å². The van der Waals surface area contributed by atoms with Crippen LogP contribution in [0.25, 0.3) is 5.69 Å². The van der Waals surface area contributed by atoms with E-state index >= 15 is 0 Å². The summed E-state index contributed by atoms with van der Waals surface area (Å²) in [4.78, 5) is 12.2. The molecule has 1 aromatic carbocycles. The second-order valence-corrected chi connectivity index (χ2v) is 11.0. The molecule has 2 aromatic heterocycles. The molecule has 0 bridgehead atoms. The average molecular weight is 504 g/mol. The minimum atomic E-state index is -4.40. The van der Waals surface area contributed by atoms with E-state index in [9.17, 15) is 13.2 Å². The molecule has 0 unspecified atom stereocenters.